The molecule has 0 aromatic rings. The van der Waals surface area contributed by atoms with Crippen LogP contribution in [0, 0.1) is 0 Å². The van der Waals surface area contributed by atoms with Gasteiger partial charge in [-0.05, 0) is 33.2 Å². The van der Waals surface area contributed by atoms with Crippen LogP contribution in [0.5, 0.6) is 0 Å². The van der Waals surface area contributed by atoms with Gasteiger partial charge in [-0.1, -0.05) is 13.3 Å². The lowest BCUT2D eigenvalue weighted by atomic mass is 9.99. The predicted octanol–water partition coefficient (Wildman–Crippen LogP) is 2.51. The fraction of sp³-hybridized carbons (Fsp3) is 1.00. The van der Waals surface area contributed by atoms with Crippen molar-refractivity contribution in [3.05, 3.63) is 0 Å². The molecule has 1 N–H and O–H groups in total. The maximum Gasteiger partial charge on any atom is 0.0906 e. The summed E-state index contributed by atoms with van der Waals surface area (Å²) in [5.74, 6) is 0. The number of halogens is 1. The molecular weight excluding hydrogens is 141 g/mol. The Morgan fingerprint density at radius 3 is 2.45 bits per heavy atom. The lowest BCUT2D eigenvalue weighted by Gasteiger charge is -2.25. The van der Waals surface area contributed by atoms with Gasteiger partial charge in [0.2, 0.25) is 0 Å². The molecule has 0 heterocycles. The number of hydrogen-bond acceptors (Lipinski definition) is 1. The number of hydrogen-bond donors (Lipinski definition) is 1. The Labute approximate surface area is 69.4 Å². The summed E-state index contributed by atoms with van der Waals surface area (Å²) in [7, 11) is 0. The van der Waals surface area contributed by atoms with Crippen LogP contribution in [0.25, 0.3) is 0 Å². The van der Waals surface area contributed by atoms with Gasteiger partial charge in [-0.15, -0.1) is 0 Å². The summed E-state index contributed by atoms with van der Waals surface area (Å²) in [5.41, 5.74) is 0.184. The molecule has 0 bridgehead atoms. The first-order chi connectivity index (χ1) is 5.12. The van der Waals surface area contributed by atoms with Crippen LogP contribution in [0.4, 0.5) is 4.39 Å². The van der Waals surface area contributed by atoms with Crippen LogP contribution in [-0.2, 0) is 0 Å². The van der Waals surface area contributed by atoms with Crippen LogP contribution in [0.2, 0.25) is 0 Å². The van der Waals surface area contributed by atoms with Gasteiger partial charge in [-0.2, -0.15) is 0 Å². The minimum Gasteiger partial charge on any atom is -0.312 e. The van der Waals surface area contributed by atoms with E-state index < -0.39 is 0 Å². The van der Waals surface area contributed by atoms with E-state index in [4.69, 9.17) is 0 Å². The van der Waals surface area contributed by atoms with Crippen molar-refractivity contribution in [1.29, 1.82) is 0 Å². The average molecular weight is 161 g/mol. The molecule has 1 nitrogen and oxygen atoms in total. The largest absolute Gasteiger partial charge is 0.312 e. The van der Waals surface area contributed by atoms with E-state index in [-0.39, 0.29) is 12.2 Å². The molecule has 0 aliphatic rings. The molecule has 0 rings (SSSR count). The van der Waals surface area contributed by atoms with Gasteiger partial charge in [0, 0.05) is 5.54 Å². The van der Waals surface area contributed by atoms with Crippen molar-refractivity contribution >= 4 is 0 Å². The first-order valence-corrected chi connectivity index (χ1v) is 4.43. The molecule has 0 amide bonds. The predicted molar refractivity (Wildman–Crippen MR) is 47.6 cm³/mol. The second kappa shape index (κ2) is 5.53. The van der Waals surface area contributed by atoms with Crippen molar-refractivity contribution in [2.75, 3.05) is 13.2 Å². The molecule has 0 spiro atoms. The molecule has 11 heavy (non-hydrogen) atoms. The number of rotatable bonds is 6. The molecule has 0 aromatic carbocycles. The third-order valence-corrected chi connectivity index (χ3v) is 1.79. The molecule has 0 atom stereocenters. The summed E-state index contributed by atoms with van der Waals surface area (Å²) in [6.07, 6.45) is 2.96. The maximum absolute atomic E-state index is 11.7. The van der Waals surface area contributed by atoms with Crippen molar-refractivity contribution in [1.82, 2.24) is 5.32 Å². The molecule has 0 aromatic heterocycles. The van der Waals surface area contributed by atoms with E-state index in [2.05, 4.69) is 26.1 Å². The summed E-state index contributed by atoms with van der Waals surface area (Å²) >= 11 is 0. The van der Waals surface area contributed by atoms with Gasteiger partial charge in [0.15, 0.2) is 0 Å². The molecule has 0 aliphatic carbocycles. The third-order valence-electron chi connectivity index (χ3n) is 1.79. The summed E-state index contributed by atoms with van der Waals surface area (Å²) in [4.78, 5) is 0. The SMILES string of the molecule is CCCC(C)(C)NCCCF. The van der Waals surface area contributed by atoms with Gasteiger partial charge in [-0.3, -0.25) is 4.39 Å². The summed E-state index contributed by atoms with van der Waals surface area (Å²) in [6.45, 7) is 7.07. The van der Waals surface area contributed by atoms with E-state index >= 15 is 0 Å². The number of nitrogens with one attached hydrogen (secondary N) is 1. The summed E-state index contributed by atoms with van der Waals surface area (Å²) in [5, 5.41) is 3.32. The highest BCUT2D eigenvalue weighted by atomic mass is 19.1. The van der Waals surface area contributed by atoms with E-state index in [0.29, 0.717) is 6.42 Å². The van der Waals surface area contributed by atoms with E-state index in [1.54, 1.807) is 0 Å². The Kier molecular flexibility index (Phi) is 5.47. The molecule has 0 radical (unpaired) electrons. The summed E-state index contributed by atoms with van der Waals surface area (Å²) < 4.78 is 11.7. The zero-order chi connectivity index (χ0) is 8.74. The van der Waals surface area contributed by atoms with E-state index in [1.807, 2.05) is 0 Å². The monoisotopic (exact) mass is 161 g/mol. The fourth-order valence-electron chi connectivity index (χ4n) is 1.21. The van der Waals surface area contributed by atoms with Crippen LogP contribution >= 0.6 is 0 Å². The first kappa shape index (κ1) is 10.9. The minimum absolute atomic E-state index is 0.184. The Hall–Kier alpha value is -0.110. The zero-order valence-electron chi connectivity index (χ0n) is 7.91. The van der Waals surface area contributed by atoms with Gasteiger partial charge in [0.1, 0.15) is 0 Å². The van der Waals surface area contributed by atoms with Crippen molar-refractivity contribution in [3.63, 3.8) is 0 Å². The van der Waals surface area contributed by atoms with Crippen molar-refractivity contribution in [3.8, 4) is 0 Å². The number of alkyl halides is 1. The highest BCUT2D eigenvalue weighted by Crippen LogP contribution is 2.09. The van der Waals surface area contributed by atoms with Gasteiger partial charge in [-0.25, -0.2) is 0 Å². The van der Waals surface area contributed by atoms with Crippen molar-refractivity contribution in [2.24, 2.45) is 0 Å². The lowest BCUT2D eigenvalue weighted by Crippen LogP contribution is -2.39. The molecule has 0 aliphatic heterocycles. The minimum atomic E-state index is -0.213. The first-order valence-electron chi connectivity index (χ1n) is 4.43. The van der Waals surface area contributed by atoms with Crippen molar-refractivity contribution in [2.45, 2.75) is 45.6 Å². The molecule has 0 saturated carbocycles. The average Bonchev–Trinajstić information content (AvgIpc) is 1.87. The van der Waals surface area contributed by atoms with Crippen LogP contribution in [-0.4, -0.2) is 18.8 Å². The molecule has 68 valence electrons. The Morgan fingerprint density at radius 2 is 2.00 bits per heavy atom. The molecule has 0 fully saturated rings. The smallest absolute Gasteiger partial charge is 0.0906 e. The summed E-state index contributed by atoms with van der Waals surface area (Å²) in [6, 6.07) is 0. The standard InChI is InChI=1S/C9H20FN/c1-4-6-9(2,3)11-8-5-7-10/h11H,4-8H2,1-3H3. The lowest BCUT2D eigenvalue weighted by molar-refractivity contribution is 0.344. The highest BCUT2D eigenvalue weighted by Gasteiger charge is 2.13. The molecule has 2 heteroatoms. The van der Waals surface area contributed by atoms with Crippen LogP contribution in [0.3, 0.4) is 0 Å². The van der Waals surface area contributed by atoms with Crippen LogP contribution in [0.15, 0.2) is 0 Å². The van der Waals surface area contributed by atoms with Gasteiger partial charge < -0.3 is 5.32 Å². The van der Waals surface area contributed by atoms with Crippen LogP contribution in [0.1, 0.15) is 40.0 Å². The quantitative estimate of drug-likeness (QED) is 0.590. The topological polar surface area (TPSA) is 12.0 Å². The van der Waals surface area contributed by atoms with Crippen molar-refractivity contribution < 1.29 is 4.39 Å². The van der Waals surface area contributed by atoms with E-state index in [1.165, 1.54) is 6.42 Å². The maximum atomic E-state index is 11.7. The van der Waals surface area contributed by atoms with Gasteiger partial charge in [0.05, 0.1) is 6.67 Å². The molecular formula is C9H20FN. The highest BCUT2D eigenvalue weighted by molar-refractivity contribution is 4.75. The fourth-order valence-corrected chi connectivity index (χ4v) is 1.21. The van der Waals surface area contributed by atoms with Gasteiger partial charge >= 0.3 is 0 Å². The third kappa shape index (κ3) is 6.29. The molecule has 0 saturated heterocycles. The van der Waals surface area contributed by atoms with E-state index in [0.717, 1.165) is 13.0 Å². The van der Waals surface area contributed by atoms with E-state index in [9.17, 15) is 4.39 Å². The zero-order valence-corrected chi connectivity index (χ0v) is 7.91. The second-order valence-electron chi connectivity index (χ2n) is 3.60. The van der Waals surface area contributed by atoms with Gasteiger partial charge in [0.25, 0.3) is 0 Å². The Balaban J connectivity index is 3.38. The second-order valence-corrected chi connectivity index (χ2v) is 3.60. The normalized spacial score (nSPS) is 12.0. The Bertz CT molecular complexity index is 91.6. The molecule has 0 unspecified atom stereocenters. The Morgan fingerprint density at radius 1 is 1.36 bits per heavy atom. The van der Waals surface area contributed by atoms with Crippen LogP contribution < -0.4 is 5.32 Å².